The topological polar surface area (TPSA) is 108 Å². The Bertz CT molecular complexity index is 1770. The number of hydrogen-bond donors (Lipinski definition) is 1. The average molecular weight is 1340 g/mol. The molecule has 0 aromatic carbocycles. The number of hydrogen-bond acceptors (Lipinski definition) is 7. The van der Waals surface area contributed by atoms with E-state index in [2.05, 4.69) is 74.6 Å². The first-order valence-electron chi connectivity index (χ1n) is 41.0. The van der Waals surface area contributed by atoms with Gasteiger partial charge in [-0.1, -0.05) is 383 Å². The molecule has 94 heavy (non-hydrogen) atoms. The van der Waals surface area contributed by atoms with Crippen molar-refractivity contribution in [3.05, 3.63) is 60.8 Å². The molecule has 9 nitrogen and oxygen atoms in total. The molecule has 0 aliphatic heterocycles. The van der Waals surface area contributed by atoms with Crippen molar-refractivity contribution in [2.45, 2.75) is 418 Å². The first-order valence-corrected chi connectivity index (χ1v) is 42.5. The summed E-state index contributed by atoms with van der Waals surface area (Å²) < 4.78 is 34.8. The largest absolute Gasteiger partial charge is 0.472 e. The average Bonchev–Trinajstić information content (AvgIpc) is 1.65. The van der Waals surface area contributed by atoms with Crippen LogP contribution in [-0.4, -0.2) is 74.9 Å². The quantitative estimate of drug-likeness (QED) is 0.0211. The number of esters is 2. The number of likely N-dealkylation sites (N-methyl/N-ethyl adjacent to an activating group) is 1. The minimum absolute atomic E-state index is 0.0333. The molecular weight excluding hydrogens is 1180 g/mol. The molecule has 1 N–H and O–H groups in total. The molecule has 0 aliphatic carbocycles. The number of carbonyl (C=O) groups is 2. The van der Waals surface area contributed by atoms with Crippen molar-refractivity contribution in [3.8, 4) is 0 Å². The first-order chi connectivity index (χ1) is 46.0. The molecule has 0 saturated carbocycles. The number of quaternary nitrogens is 1. The van der Waals surface area contributed by atoms with Gasteiger partial charge in [-0.2, -0.15) is 0 Å². The van der Waals surface area contributed by atoms with E-state index >= 15 is 0 Å². The zero-order valence-electron chi connectivity index (χ0n) is 63.2. The van der Waals surface area contributed by atoms with Crippen LogP contribution < -0.4 is 0 Å². The number of phosphoric acid groups is 1. The highest BCUT2D eigenvalue weighted by Gasteiger charge is 2.27. The van der Waals surface area contributed by atoms with Crippen molar-refractivity contribution in [1.82, 2.24) is 0 Å². The van der Waals surface area contributed by atoms with Crippen LogP contribution in [0, 0.1) is 0 Å². The summed E-state index contributed by atoms with van der Waals surface area (Å²) in [7, 11) is 1.50. The summed E-state index contributed by atoms with van der Waals surface area (Å²) in [5.74, 6) is -0.776. The third kappa shape index (κ3) is 78.7. The monoisotopic (exact) mass is 1340 g/mol. The second-order valence-electron chi connectivity index (χ2n) is 29.1. The maximum Gasteiger partial charge on any atom is 0.472 e. The predicted molar refractivity (Wildman–Crippen MR) is 409 cm³/mol. The van der Waals surface area contributed by atoms with Gasteiger partial charge >= 0.3 is 19.8 Å². The molecule has 2 atom stereocenters. The lowest BCUT2D eigenvalue weighted by Crippen LogP contribution is -2.37. The summed E-state index contributed by atoms with van der Waals surface area (Å²) in [6.07, 6.45) is 101. The molecule has 0 radical (unpaired) electrons. The summed E-state index contributed by atoms with van der Waals surface area (Å²) in [4.78, 5) is 36.0. The van der Waals surface area contributed by atoms with Crippen LogP contribution >= 0.6 is 7.82 Å². The van der Waals surface area contributed by atoms with Gasteiger partial charge in [0.15, 0.2) is 6.10 Å². The van der Waals surface area contributed by atoms with E-state index in [1.807, 2.05) is 21.1 Å². The van der Waals surface area contributed by atoms with Crippen LogP contribution in [0.2, 0.25) is 0 Å². The normalized spacial score (nSPS) is 13.3. The first kappa shape index (κ1) is 91.7. The Morgan fingerprint density at radius 1 is 0.340 bits per heavy atom. The third-order valence-corrected chi connectivity index (χ3v) is 19.5. The SMILES string of the molecule is CC/C=C\C/C=C\C/C=C\C/C=C\CCCCCCCCCCCCCCCCCCC(=O)OC(COC(=O)CCCCCCCCCCCCCCCCCCCCCCCCCCCCCCC/C=C\CCCCCCCCCC)COP(=O)(O)OCC[N+](C)(C)C. The Labute approximate surface area is 585 Å². The molecule has 552 valence electrons. The van der Waals surface area contributed by atoms with Gasteiger partial charge in [0.25, 0.3) is 0 Å². The Hall–Kier alpha value is -2.29. The number of unbranched alkanes of at least 4 members (excludes halogenated alkanes) is 53. The standard InChI is InChI=1S/C84H158NO8P/c1-6-8-10-12-14-16-18-20-22-24-26-28-30-32-34-36-37-38-39-40-41-42-43-44-45-46-47-49-50-52-54-56-58-60-62-64-66-68-70-72-74-76-83(86)90-80-82(81-92-94(88,89)91-79-78-85(3,4)5)93-84(87)77-75-73-71-69-67-65-63-61-59-57-55-53-51-48-35-33-31-29-27-25-23-21-19-17-15-13-11-9-7-2/h9,11,15,17,21,23-24,26-27,29,82H,6-8,10,12-14,16,18-20,22,25,28,30-81H2,1-5H3/p+1/b11-9-,17-15-,23-21-,26-24-,29-27-. The molecular formula is C84H159NO8P+. The summed E-state index contributed by atoms with van der Waals surface area (Å²) in [6, 6.07) is 0. The van der Waals surface area contributed by atoms with E-state index in [9.17, 15) is 19.0 Å². The second-order valence-corrected chi connectivity index (χ2v) is 30.6. The van der Waals surface area contributed by atoms with E-state index in [0.717, 1.165) is 57.8 Å². The summed E-state index contributed by atoms with van der Waals surface area (Å²) >= 11 is 0. The summed E-state index contributed by atoms with van der Waals surface area (Å²) in [5, 5.41) is 0. The second kappa shape index (κ2) is 74.9. The van der Waals surface area contributed by atoms with Gasteiger partial charge in [-0.25, -0.2) is 4.57 Å². The fourth-order valence-corrected chi connectivity index (χ4v) is 13.0. The maximum absolute atomic E-state index is 12.9. The highest BCUT2D eigenvalue weighted by atomic mass is 31.2. The minimum Gasteiger partial charge on any atom is -0.462 e. The lowest BCUT2D eigenvalue weighted by atomic mass is 10.0. The number of nitrogens with zero attached hydrogens (tertiary/aromatic N) is 1. The molecule has 0 bridgehead atoms. The van der Waals surface area contributed by atoms with Crippen LogP contribution in [0.1, 0.15) is 412 Å². The summed E-state index contributed by atoms with van der Waals surface area (Å²) in [5.41, 5.74) is 0. The van der Waals surface area contributed by atoms with Gasteiger partial charge in [0.05, 0.1) is 27.7 Å². The lowest BCUT2D eigenvalue weighted by molar-refractivity contribution is -0.870. The maximum atomic E-state index is 12.9. The van der Waals surface area contributed by atoms with Gasteiger partial charge in [0.2, 0.25) is 0 Å². The molecule has 0 rings (SSSR count). The van der Waals surface area contributed by atoms with Crippen LogP contribution in [0.4, 0.5) is 0 Å². The van der Waals surface area contributed by atoms with E-state index in [1.54, 1.807) is 0 Å². The Morgan fingerprint density at radius 2 is 0.606 bits per heavy atom. The fraction of sp³-hybridized carbons (Fsp3) is 0.857. The van der Waals surface area contributed by atoms with Crippen molar-refractivity contribution in [2.24, 2.45) is 0 Å². The summed E-state index contributed by atoms with van der Waals surface area (Å²) in [6.45, 7) is 4.39. The minimum atomic E-state index is -4.39. The van der Waals surface area contributed by atoms with E-state index in [-0.39, 0.29) is 25.6 Å². The Morgan fingerprint density at radius 3 is 0.915 bits per heavy atom. The van der Waals surface area contributed by atoms with Crippen molar-refractivity contribution in [2.75, 3.05) is 47.5 Å². The predicted octanol–water partition coefficient (Wildman–Crippen LogP) is 27.3. The zero-order chi connectivity index (χ0) is 68.3. The van der Waals surface area contributed by atoms with Gasteiger partial charge < -0.3 is 18.9 Å². The van der Waals surface area contributed by atoms with Gasteiger partial charge in [-0.15, -0.1) is 0 Å². The molecule has 0 saturated heterocycles. The van der Waals surface area contributed by atoms with Crippen molar-refractivity contribution < 1.29 is 42.1 Å². The fourth-order valence-electron chi connectivity index (χ4n) is 12.3. The number of phosphoric ester groups is 1. The molecule has 10 heteroatoms. The number of allylic oxidation sites excluding steroid dienone is 10. The molecule has 0 aromatic rings. The van der Waals surface area contributed by atoms with E-state index < -0.39 is 26.5 Å². The van der Waals surface area contributed by atoms with Gasteiger partial charge in [0.1, 0.15) is 19.8 Å². The number of rotatable bonds is 77. The molecule has 0 amide bonds. The molecule has 0 spiro atoms. The van der Waals surface area contributed by atoms with Crippen molar-refractivity contribution in [3.63, 3.8) is 0 Å². The Kier molecular flexibility index (Phi) is 73.1. The van der Waals surface area contributed by atoms with Gasteiger partial charge in [-0.05, 0) is 77.0 Å². The smallest absolute Gasteiger partial charge is 0.462 e. The highest BCUT2D eigenvalue weighted by Crippen LogP contribution is 2.43. The van der Waals surface area contributed by atoms with Crippen LogP contribution in [0.15, 0.2) is 60.8 Å². The van der Waals surface area contributed by atoms with Crippen molar-refractivity contribution >= 4 is 19.8 Å². The van der Waals surface area contributed by atoms with E-state index in [4.69, 9.17) is 18.5 Å². The van der Waals surface area contributed by atoms with Crippen LogP contribution in [0.3, 0.4) is 0 Å². The number of ether oxygens (including phenoxy) is 2. The Balaban J connectivity index is 3.87. The molecule has 0 heterocycles. The van der Waals surface area contributed by atoms with E-state index in [0.29, 0.717) is 23.9 Å². The molecule has 0 aliphatic rings. The molecule has 2 unspecified atom stereocenters. The highest BCUT2D eigenvalue weighted by molar-refractivity contribution is 7.47. The van der Waals surface area contributed by atoms with Crippen LogP contribution in [0.5, 0.6) is 0 Å². The van der Waals surface area contributed by atoms with Crippen LogP contribution in [0.25, 0.3) is 0 Å². The number of carbonyl (C=O) groups excluding carboxylic acids is 2. The lowest BCUT2D eigenvalue weighted by Gasteiger charge is -2.24. The third-order valence-electron chi connectivity index (χ3n) is 18.5. The van der Waals surface area contributed by atoms with Crippen LogP contribution in [-0.2, 0) is 32.7 Å². The van der Waals surface area contributed by atoms with Crippen molar-refractivity contribution in [1.29, 1.82) is 0 Å². The zero-order valence-corrected chi connectivity index (χ0v) is 64.1. The van der Waals surface area contributed by atoms with Gasteiger partial charge in [-0.3, -0.25) is 18.6 Å². The molecule has 0 aromatic heterocycles. The van der Waals surface area contributed by atoms with Gasteiger partial charge in [0, 0.05) is 12.8 Å². The van der Waals surface area contributed by atoms with E-state index in [1.165, 1.54) is 321 Å². The molecule has 0 fully saturated rings.